The number of carboxylic acids is 1. The first-order chi connectivity index (χ1) is 16.0. The summed E-state index contributed by atoms with van der Waals surface area (Å²) >= 11 is -2.51. The molecular weight excluding hydrogens is 498 g/mol. The Morgan fingerprint density at radius 1 is 1.09 bits per heavy atom. The van der Waals surface area contributed by atoms with Crippen molar-refractivity contribution >= 4 is 50.9 Å². The van der Waals surface area contributed by atoms with Crippen molar-refractivity contribution in [1.29, 1.82) is 0 Å². The number of nitrogens with one attached hydrogen (secondary N) is 3. The van der Waals surface area contributed by atoms with Crippen LogP contribution in [0.1, 0.15) is 10.4 Å². The number of rotatable bonds is 14. The van der Waals surface area contributed by atoms with Crippen LogP contribution in [0, 0.1) is 0 Å². The molecule has 1 heterocycles. The molecule has 188 valence electrons. The van der Waals surface area contributed by atoms with Gasteiger partial charge in [0.1, 0.15) is 0 Å². The van der Waals surface area contributed by atoms with Gasteiger partial charge in [0.05, 0.1) is 29.4 Å². The minimum atomic E-state index is -4.65. The third-order valence-corrected chi connectivity index (χ3v) is 5.33. The summed E-state index contributed by atoms with van der Waals surface area (Å²) in [6.07, 6.45) is 0. The fourth-order valence-electron chi connectivity index (χ4n) is 2.60. The summed E-state index contributed by atoms with van der Waals surface area (Å²) in [6.45, 7) is -0.494. The van der Waals surface area contributed by atoms with Crippen molar-refractivity contribution in [3.05, 3.63) is 23.8 Å². The van der Waals surface area contributed by atoms with Crippen molar-refractivity contribution < 1.29 is 41.8 Å². The number of aliphatic hydroxyl groups excluding tert-OH is 2. The number of aromatic nitrogens is 3. The molecule has 0 spiro atoms. The van der Waals surface area contributed by atoms with E-state index in [-0.39, 0.29) is 62.9 Å². The Balaban J connectivity index is 2.46. The van der Waals surface area contributed by atoms with E-state index in [2.05, 4.69) is 30.3 Å². The van der Waals surface area contributed by atoms with Crippen LogP contribution in [0.5, 0.6) is 0 Å². The molecule has 0 aliphatic rings. The second-order valence-corrected chi connectivity index (χ2v) is 8.56. The van der Waals surface area contributed by atoms with E-state index >= 15 is 0 Å². The first kappa shape index (κ1) is 27.2. The van der Waals surface area contributed by atoms with E-state index < -0.39 is 37.8 Å². The Bertz CT molecular complexity index is 1130. The molecule has 34 heavy (non-hydrogen) atoms. The Morgan fingerprint density at radius 3 is 2.38 bits per heavy atom. The van der Waals surface area contributed by atoms with E-state index in [1.807, 2.05) is 0 Å². The molecule has 0 bridgehead atoms. The van der Waals surface area contributed by atoms with Gasteiger partial charge in [-0.1, -0.05) is 0 Å². The molecular formula is C16H22N7O9S2-. The lowest BCUT2D eigenvalue weighted by atomic mass is 10.2. The highest BCUT2D eigenvalue weighted by molar-refractivity contribution is 7.85. The lowest BCUT2D eigenvalue weighted by Crippen LogP contribution is -2.36. The summed E-state index contributed by atoms with van der Waals surface area (Å²) in [4.78, 5) is 24.8. The number of aliphatic hydroxyl groups is 2. The quantitative estimate of drug-likeness (QED) is 0.107. The van der Waals surface area contributed by atoms with Gasteiger partial charge in [0.15, 0.2) is 0 Å². The zero-order valence-electron chi connectivity index (χ0n) is 17.4. The Labute approximate surface area is 196 Å². The smallest absolute Gasteiger partial charge is 0.337 e. The van der Waals surface area contributed by atoms with Gasteiger partial charge in [0.2, 0.25) is 17.8 Å². The van der Waals surface area contributed by atoms with Gasteiger partial charge in [-0.15, -0.1) is 0 Å². The van der Waals surface area contributed by atoms with Crippen molar-refractivity contribution in [3.63, 3.8) is 0 Å². The van der Waals surface area contributed by atoms with Crippen molar-refractivity contribution in [2.75, 3.05) is 54.9 Å². The fourth-order valence-corrected chi connectivity index (χ4v) is 3.36. The van der Waals surface area contributed by atoms with Crippen LogP contribution >= 0.6 is 0 Å². The maximum Gasteiger partial charge on any atom is 0.337 e. The third-order valence-electron chi connectivity index (χ3n) is 4.04. The number of hydrogen-bond acceptors (Lipinski definition) is 13. The van der Waals surface area contributed by atoms with Crippen LogP contribution in [-0.2, 0) is 21.4 Å². The highest BCUT2D eigenvalue weighted by atomic mass is 32.2. The molecule has 0 saturated carbocycles. The molecule has 0 aliphatic carbocycles. The molecule has 0 amide bonds. The van der Waals surface area contributed by atoms with Crippen molar-refractivity contribution in [2.24, 2.45) is 0 Å². The normalized spacial score (nSPS) is 12.2. The third kappa shape index (κ3) is 8.09. The molecule has 1 unspecified atom stereocenters. The highest BCUT2D eigenvalue weighted by Crippen LogP contribution is 2.24. The van der Waals surface area contributed by atoms with Crippen LogP contribution < -0.4 is 20.3 Å². The Morgan fingerprint density at radius 2 is 1.79 bits per heavy atom. The number of aromatic carboxylic acids is 1. The largest absolute Gasteiger partial charge is 0.760 e. The summed E-state index contributed by atoms with van der Waals surface area (Å²) in [5.74, 6) is -1.73. The van der Waals surface area contributed by atoms with E-state index in [4.69, 9.17) is 5.11 Å². The zero-order valence-corrected chi connectivity index (χ0v) is 19.0. The van der Waals surface area contributed by atoms with Crippen molar-refractivity contribution in [3.8, 4) is 0 Å². The van der Waals surface area contributed by atoms with Crippen LogP contribution in [0.3, 0.4) is 0 Å². The van der Waals surface area contributed by atoms with Gasteiger partial charge >= 0.3 is 5.97 Å². The molecule has 0 fully saturated rings. The standard InChI is InChI=1S/C16H23N7O9S2/c24-7-4-17-14-20-15(22-16(21-14)23(6-8-25)5-3-18-33(28)29)19-12-2-1-10(34(30,31)32)9-11(12)13(26)27/h1-2,9,18,24-25H,3-8H2,(H,26,27)(H,28,29)(H,30,31,32)(H2,17,19,20,21,22)/p-1. The second kappa shape index (κ2) is 12.5. The van der Waals surface area contributed by atoms with Gasteiger partial charge in [0, 0.05) is 37.4 Å². The predicted octanol–water partition coefficient (Wildman–Crippen LogP) is -1.85. The summed E-state index contributed by atoms with van der Waals surface area (Å²) < 4.78 is 55.5. The van der Waals surface area contributed by atoms with Crippen LogP contribution in [0.4, 0.5) is 23.5 Å². The van der Waals surface area contributed by atoms with Crippen LogP contribution in [-0.4, -0.2) is 97.4 Å². The van der Waals surface area contributed by atoms with Crippen LogP contribution in [0.15, 0.2) is 23.1 Å². The molecule has 1 atom stereocenters. The SMILES string of the molecule is O=C(O)c1cc(S(=O)(=O)O)ccc1Nc1nc(NCCO)nc(N(CCO)CCNS(=O)[O-])n1. The predicted molar refractivity (Wildman–Crippen MR) is 118 cm³/mol. The molecule has 1 aromatic heterocycles. The average molecular weight is 521 g/mol. The van der Waals surface area contributed by atoms with Gasteiger partial charge < -0.3 is 35.4 Å². The van der Waals surface area contributed by atoms with E-state index in [1.54, 1.807) is 0 Å². The Hall–Kier alpha value is -3.00. The molecule has 0 radical (unpaired) electrons. The molecule has 2 aromatic rings. The van der Waals surface area contributed by atoms with E-state index in [0.717, 1.165) is 18.2 Å². The number of nitrogens with zero attached hydrogens (tertiary/aromatic N) is 4. The monoisotopic (exact) mass is 520 g/mol. The molecule has 16 nitrogen and oxygen atoms in total. The maximum absolute atomic E-state index is 11.6. The van der Waals surface area contributed by atoms with Gasteiger partial charge in [0.25, 0.3) is 10.1 Å². The number of benzene rings is 1. The first-order valence-electron chi connectivity index (χ1n) is 9.46. The summed E-state index contributed by atoms with van der Waals surface area (Å²) in [6, 6.07) is 2.82. The number of anilines is 4. The lowest BCUT2D eigenvalue weighted by molar-refractivity contribution is 0.0697. The molecule has 7 N–H and O–H groups in total. The minimum Gasteiger partial charge on any atom is -0.760 e. The first-order valence-corrected chi connectivity index (χ1v) is 12.0. The van der Waals surface area contributed by atoms with Crippen LogP contribution in [0.2, 0.25) is 0 Å². The average Bonchev–Trinajstić information content (AvgIpc) is 2.76. The van der Waals surface area contributed by atoms with Crippen LogP contribution in [0.25, 0.3) is 0 Å². The van der Waals surface area contributed by atoms with Crippen molar-refractivity contribution in [2.45, 2.75) is 4.90 Å². The zero-order chi connectivity index (χ0) is 25.3. The Kier molecular flexibility index (Phi) is 9.98. The highest BCUT2D eigenvalue weighted by Gasteiger charge is 2.19. The van der Waals surface area contributed by atoms with Gasteiger partial charge in [-0.3, -0.25) is 8.76 Å². The lowest BCUT2D eigenvalue weighted by Gasteiger charge is -2.23. The topological polar surface area (TPSA) is 250 Å². The fraction of sp³-hybridized carbons (Fsp3) is 0.375. The number of hydrogen-bond donors (Lipinski definition) is 7. The molecule has 0 aliphatic heterocycles. The van der Waals surface area contributed by atoms with Gasteiger partial charge in [-0.25, -0.2) is 9.52 Å². The second-order valence-electron chi connectivity index (χ2n) is 6.39. The summed E-state index contributed by atoms with van der Waals surface area (Å²) in [7, 11) is -4.65. The molecule has 2 rings (SSSR count). The number of carboxylic acid groups (broad SMARTS) is 1. The van der Waals surface area contributed by atoms with Gasteiger partial charge in [-0.2, -0.15) is 23.4 Å². The maximum atomic E-state index is 11.6. The molecule has 1 aromatic carbocycles. The van der Waals surface area contributed by atoms with E-state index in [9.17, 15) is 36.7 Å². The molecule has 0 saturated heterocycles. The minimum absolute atomic E-state index is 0.0134. The van der Waals surface area contributed by atoms with E-state index in [1.165, 1.54) is 4.90 Å². The van der Waals surface area contributed by atoms with Gasteiger partial charge in [-0.05, 0) is 18.2 Å². The number of carbonyl (C=O) groups is 1. The molecule has 18 heteroatoms. The summed E-state index contributed by atoms with van der Waals surface area (Å²) in [5, 5.41) is 33.2. The van der Waals surface area contributed by atoms with Crippen molar-refractivity contribution in [1.82, 2.24) is 19.7 Å². The summed E-state index contributed by atoms with van der Waals surface area (Å²) in [5.41, 5.74) is -0.612. The van der Waals surface area contributed by atoms with E-state index in [0.29, 0.717) is 0 Å².